The minimum absolute atomic E-state index is 0.0267. The van der Waals surface area contributed by atoms with Crippen molar-refractivity contribution in [1.29, 1.82) is 0 Å². The third-order valence-electron chi connectivity index (χ3n) is 4.83. The molecule has 0 bridgehead atoms. The van der Waals surface area contributed by atoms with Crippen LogP contribution in [0.3, 0.4) is 0 Å². The Kier molecular flexibility index (Phi) is 6.01. The standard InChI is InChI=1S/C20H22FN3O3/c21-18-14-17(24(26)27)7-8-19(18)23-12-10-16(11-13-23)22-20(25)9-6-15-4-2-1-3-5-15/h1-5,7-8,14,16H,6,9-13H2,(H,22,25). The van der Waals surface area contributed by atoms with Gasteiger partial charge in [-0.25, -0.2) is 4.39 Å². The smallest absolute Gasteiger partial charge is 0.272 e. The minimum atomic E-state index is -0.607. The molecule has 1 amide bonds. The SMILES string of the molecule is O=C(CCc1ccccc1)NC1CCN(c2ccc([N+](=O)[O-])cc2F)CC1. The Labute approximate surface area is 157 Å². The molecule has 1 saturated heterocycles. The molecule has 2 aromatic rings. The van der Waals surface area contributed by atoms with Gasteiger partial charge in [-0.05, 0) is 30.9 Å². The predicted octanol–water partition coefficient (Wildman–Crippen LogP) is 3.45. The Hall–Kier alpha value is -2.96. The summed E-state index contributed by atoms with van der Waals surface area (Å²) in [7, 11) is 0. The first kappa shape index (κ1) is 18.8. The molecule has 3 rings (SSSR count). The first-order valence-corrected chi connectivity index (χ1v) is 9.05. The van der Waals surface area contributed by atoms with Crippen molar-refractivity contribution in [3.63, 3.8) is 0 Å². The molecule has 1 fully saturated rings. The van der Waals surface area contributed by atoms with Crippen LogP contribution in [-0.2, 0) is 11.2 Å². The third-order valence-corrected chi connectivity index (χ3v) is 4.83. The van der Waals surface area contributed by atoms with Crippen LogP contribution in [0.1, 0.15) is 24.8 Å². The fourth-order valence-electron chi connectivity index (χ4n) is 3.33. The average Bonchev–Trinajstić information content (AvgIpc) is 2.68. The molecule has 0 aromatic heterocycles. The monoisotopic (exact) mass is 371 g/mol. The summed E-state index contributed by atoms with van der Waals surface area (Å²) in [4.78, 5) is 24.1. The Morgan fingerprint density at radius 2 is 1.89 bits per heavy atom. The topological polar surface area (TPSA) is 75.5 Å². The van der Waals surface area contributed by atoms with E-state index < -0.39 is 10.7 Å². The van der Waals surface area contributed by atoms with Crippen LogP contribution in [0.15, 0.2) is 48.5 Å². The maximum atomic E-state index is 14.1. The number of carbonyl (C=O) groups excluding carboxylic acids is 1. The van der Waals surface area contributed by atoms with E-state index in [1.165, 1.54) is 12.1 Å². The molecular weight excluding hydrogens is 349 g/mol. The number of amides is 1. The number of nitrogens with zero attached hydrogens (tertiary/aromatic N) is 2. The molecular formula is C20H22FN3O3. The molecule has 1 heterocycles. The summed E-state index contributed by atoms with van der Waals surface area (Å²) in [5.41, 5.74) is 1.25. The highest BCUT2D eigenvalue weighted by Gasteiger charge is 2.23. The Morgan fingerprint density at radius 1 is 1.19 bits per heavy atom. The van der Waals surface area contributed by atoms with Gasteiger partial charge in [-0.2, -0.15) is 0 Å². The van der Waals surface area contributed by atoms with Crippen LogP contribution in [-0.4, -0.2) is 30.0 Å². The maximum absolute atomic E-state index is 14.1. The molecule has 1 aliphatic heterocycles. The number of piperidine rings is 1. The molecule has 0 saturated carbocycles. The highest BCUT2D eigenvalue weighted by molar-refractivity contribution is 5.76. The zero-order chi connectivity index (χ0) is 19.2. The van der Waals surface area contributed by atoms with Crippen LogP contribution < -0.4 is 10.2 Å². The molecule has 0 atom stereocenters. The molecule has 6 nitrogen and oxygen atoms in total. The number of nitrogens with one attached hydrogen (secondary N) is 1. The van der Waals surface area contributed by atoms with Gasteiger partial charge in [-0.1, -0.05) is 30.3 Å². The van der Waals surface area contributed by atoms with Gasteiger partial charge >= 0.3 is 0 Å². The van der Waals surface area contributed by atoms with E-state index in [-0.39, 0.29) is 17.6 Å². The van der Waals surface area contributed by atoms with E-state index in [0.29, 0.717) is 44.5 Å². The highest BCUT2D eigenvalue weighted by atomic mass is 19.1. The van der Waals surface area contributed by atoms with E-state index in [1.807, 2.05) is 35.2 Å². The molecule has 0 radical (unpaired) electrons. The number of aryl methyl sites for hydroxylation is 1. The fraction of sp³-hybridized carbons (Fsp3) is 0.350. The maximum Gasteiger partial charge on any atom is 0.272 e. The van der Waals surface area contributed by atoms with Crippen LogP contribution in [0.2, 0.25) is 0 Å². The molecule has 1 aliphatic rings. The third kappa shape index (κ3) is 5.03. The van der Waals surface area contributed by atoms with Crippen molar-refractivity contribution in [2.24, 2.45) is 0 Å². The van der Waals surface area contributed by atoms with Crippen molar-refractivity contribution < 1.29 is 14.1 Å². The lowest BCUT2D eigenvalue weighted by Gasteiger charge is -2.34. The van der Waals surface area contributed by atoms with Crippen molar-refractivity contribution in [3.8, 4) is 0 Å². The second-order valence-electron chi connectivity index (χ2n) is 6.71. The number of non-ortho nitro benzene ring substituents is 1. The van der Waals surface area contributed by atoms with E-state index in [0.717, 1.165) is 11.6 Å². The number of rotatable bonds is 6. The van der Waals surface area contributed by atoms with Gasteiger partial charge in [0.25, 0.3) is 5.69 Å². The van der Waals surface area contributed by atoms with Gasteiger partial charge in [-0.15, -0.1) is 0 Å². The zero-order valence-corrected chi connectivity index (χ0v) is 14.9. The predicted molar refractivity (Wildman–Crippen MR) is 101 cm³/mol. The summed E-state index contributed by atoms with van der Waals surface area (Å²) in [5, 5.41) is 13.8. The Morgan fingerprint density at radius 3 is 2.52 bits per heavy atom. The molecule has 2 aromatic carbocycles. The molecule has 27 heavy (non-hydrogen) atoms. The number of halogens is 1. The fourth-order valence-corrected chi connectivity index (χ4v) is 3.33. The van der Waals surface area contributed by atoms with Gasteiger partial charge in [0.1, 0.15) is 0 Å². The summed E-state index contributed by atoms with van der Waals surface area (Å²) >= 11 is 0. The number of carbonyl (C=O) groups is 1. The average molecular weight is 371 g/mol. The first-order chi connectivity index (χ1) is 13.0. The van der Waals surface area contributed by atoms with Gasteiger partial charge in [-0.3, -0.25) is 14.9 Å². The minimum Gasteiger partial charge on any atom is -0.369 e. The van der Waals surface area contributed by atoms with Gasteiger partial charge in [0.05, 0.1) is 16.7 Å². The number of benzene rings is 2. The van der Waals surface area contributed by atoms with Gasteiger partial charge in [0.15, 0.2) is 5.82 Å². The van der Waals surface area contributed by atoms with Gasteiger partial charge in [0, 0.05) is 31.6 Å². The Balaban J connectivity index is 1.47. The molecule has 142 valence electrons. The number of hydrogen-bond acceptors (Lipinski definition) is 4. The van der Waals surface area contributed by atoms with Gasteiger partial charge in [0.2, 0.25) is 5.91 Å². The summed E-state index contributed by atoms with van der Waals surface area (Å²) in [6.45, 7) is 1.19. The molecule has 0 aliphatic carbocycles. The van der Waals surface area contributed by atoms with Crippen molar-refractivity contribution in [2.45, 2.75) is 31.7 Å². The first-order valence-electron chi connectivity index (χ1n) is 9.05. The van der Waals surface area contributed by atoms with Crippen molar-refractivity contribution in [3.05, 3.63) is 70.0 Å². The zero-order valence-electron chi connectivity index (χ0n) is 14.9. The summed E-state index contributed by atoms with van der Waals surface area (Å²) in [5.74, 6) is -0.562. The van der Waals surface area contributed by atoms with E-state index in [1.54, 1.807) is 0 Å². The lowest BCUT2D eigenvalue weighted by Crippen LogP contribution is -2.45. The van der Waals surface area contributed by atoms with Crippen LogP contribution in [0.4, 0.5) is 15.8 Å². The van der Waals surface area contributed by atoms with Crippen molar-refractivity contribution >= 4 is 17.3 Å². The van der Waals surface area contributed by atoms with Crippen molar-refractivity contribution in [2.75, 3.05) is 18.0 Å². The summed E-state index contributed by atoms with van der Waals surface area (Å²) in [6, 6.07) is 13.7. The second-order valence-corrected chi connectivity index (χ2v) is 6.71. The Bertz CT molecular complexity index is 805. The summed E-state index contributed by atoms with van der Waals surface area (Å²) < 4.78 is 14.1. The number of anilines is 1. The lowest BCUT2D eigenvalue weighted by molar-refractivity contribution is -0.385. The second kappa shape index (κ2) is 8.62. The van der Waals surface area contributed by atoms with E-state index in [9.17, 15) is 19.3 Å². The number of hydrogen-bond donors (Lipinski definition) is 1. The molecule has 7 heteroatoms. The van der Waals surface area contributed by atoms with E-state index in [2.05, 4.69) is 5.32 Å². The van der Waals surface area contributed by atoms with Crippen LogP contribution >= 0.6 is 0 Å². The van der Waals surface area contributed by atoms with Crippen LogP contribution in [0, 0.1) is 15.9 Å². The van der Waals surface area contributed by atoms with Crippen molar-refractivity contribution in [1.82, 2.24) is 5.32 Å². The largest absolute Gasteiger partial charge is 0.369 e. The van der Waals surface area contributed by atoms with E-state index >= 15 is 0 Å². The van der Waals surface area contributed by atoms with Crippen LogP contribution in [0.25, 0.3) is 0 Å². The highest BCUT2D eigenvalue weighted by Crippen LogP contribution is 2.26. The number of nitro groups is 1. The number of nitro benzene ring substituents is 1. The molecule has 1 N–H and O–H groups in total. The lowest BCUT2D eigenvalue weighted by atomic mass is 10.0. The van der Waals surface area contributed by atoms with Crippen LogP contribution in [0.5, 0.6) is 0 Å². The quantitative estimate of drug-likeness (QED) is 0.623. The summed E-state index contributed by atoms with van der Waals surface area (Å²) in [6.07, 6.45) is 2.59. The molecule has 0 unspecified atom stereocenters. The normalized spacial score (nSPS) is 14.8. The molecule has 0 spiro atoms. The van der Waals surface area contributed by atoms with Gasteiger partial charge < -0.3 is 10.2 Å². The van der Waals surface area contributed by atoms with E-state index in [4.69, 9.17) is 0 Å².